The van der Waals surface area contributed by atoms with Crippen LogP contribution in [-0.4, -0.2) is 60.4 Å². The number of hydrazine groups is 1. The van der Waals surface area contributed by atoms with Crippen molar-refractivity contribution in [3.8, 4) is 11.5 Å². The summed E-state index contributed by atoms with van der Waals surface area (Å²) in [7, 11) is 1.60. The largest absolute Gasteiger partial charge is 0.497 e. The predicted molar refractivity (Wildman–Crippen MR) is 147 cm³/mol. The zero-order chi connectivity index (χ0) is 28.5. The minimum atomic E-state index is -1.35. The van der Waals surface area contributed by atoms with Crippen LogP contribution in [0.5, 0.6) is 11.5 Å². The Morgan fingerprint density at radius 2 is 1.74 bits per heavy atom. The van der Waals surface area contributed by atoms with E-state index in [-0.39, 0.29) is 19.4 Å². The van der Waals surface area contributed by atoms with E-state index in [9.17, 15) is 9.59 Å². The third-order valence-corrected chi connectivity index (χ3v) is 6.11. The summed E-state index contributed by atoms with van der Waals surface area (Å²) < 4.78 is 22.3. The number of esters is 1. The summed E-state index contributed by atoms with van der Waals surface area (Å²) in [5.74, 6) is 0.869. The molecular weight excluding hydrogens is 502 g/mol. The van der Waals surface area contributed by atoms with Crippen LogP contribution < -0.4 is 20.3 Å². The molecule has 0 spiro atoms. The van der Waals surface area contributed by atoms with Crippen molar-refractivity contribution in [2.75, 3.05) is 20.3 Å². The van der Waals surface area contributed by atoms with Crippen LogP contribution in [0.4, 0.5) is 0 Å². The Labute approximate surface area is 229 Å². The van der Waals surface area contributed by atoms with Gasteiger partial charge in [-0.15, -0.1) is 0 Å². The van der Waals surface area contributed by atoms with Gasteiger partial charge in [0.2, 0.25) is 5.90 Å². The number of nitrogens with zero attached hydrogens (tertiary/aromatic N) is 1. The number of methoxy groups -OCH3 is 1. The Balaban J connectivity index is 1.76. The third-order valence-electron chi connectivity index (χ3n) is 6.11. The van der Waals surface area contributed by atoms with Gasteiger partial charge in [0.15, 0.2) is 5.54 Å². The monoisotopic (exact) mass is 541 g/mol. The van der Waals surface area contributed by atoms with E-state index in [0.29, 0.717) is 36.8 Å². The average Bonchev–Trinajstić information content (AvgIpc) is 3.24. The number of aliphatic hydroxyl groups excluding tert-OH is 1. The van der Waals surface area contributed by atoms with E-state index < -0.39 is 29.1 Å². The van der Waals surface area contributed by atoms with Gasteiger partial charge in [0.1, 0.15) is 23.2 Å². The van der Waals surface area contributed by atoms with Gasteiger partial charge in [-0.2, -0.15) is 0 Å². The van der Waals surface area contributed by atoms with Crippen LogP contribution in [0, 0.1) is 0 Å². The Morgan fingerprint density at radius 3 is 2.36 bits per heavy atom. The van der Waals surface area contributed by atoms with Crippen molar-refractivity contribution in [3.63, 3.8) is 0 Å². The lowest BCUT2D eigenvalue weighted by Gasteiger charge is -2.28. The van der Waals surface area contributed by atoms with Crippen molar-refractivity contribution in [1.82, 2.24) is 10.9 Å². The molecule has 212 valence electrons. The maximum atomic E-state index is 13.6. The van der Waals surface area contributed by atoms with E-state index in [1.807, 2.05) is 24.3 Å². The van der Waals surface area contributed by atoms with Crippen LogP contribution in [0.1, 0.15) is 58.1 Å². The molecule has 1 aliphatic rings. The van der Waals surface area contributed by atoms with Crippen molar-refractivity contribution >= 4 is 17.8 Å². The fourth-order valence-electron chi connectivity index (χ4n) is 4.02. The Kier molecular flexibility index (Phi) is 10.3. The van der Waals surface area contributed by atoms with E-state index in [2.05, 4.69) is 10.9 Å². The molecule has 1 aliphatic heterocycles. The lowest BCUT2D eigenvalue weighted by Crippen LogP contribution is -2.54. The number of hydrogen-bond acceptors (Lipinski definition) is 9. The van der Waals surface area contributed by atoms with Gasteiger partial charge in [0.25, 0.3) is 5.91 Å². The third kappa shape index (κ3) is 8.43. The number of aliphatic imine (C=N–C) groups is 1. The molecule has 3 N–H and O–H groups in total. The summed E-state index contributed by atoms with van der Waals surface area (Å²) in [6.45, 7) is 7.99. The Morgan fingerprint density at radius 1 is 1.08 bits per heavy atom. The smallest absolute Gasteiger partial charge is 0.306 e. The summed E-state index contributed by atoms with van der Waals surface area (Å²) >= 11 is 0. The second-order valence-electron chi connectivity index (χ2n) is 10.3. The van der Waals surface area contributed by atoms with E-state index in [4.69, 9.17) is 29.0 Å². The van der Waals surface area contributed by atoms with Gasteiger partial charge in [-0.05, 0) is 76.1 Å². The number of aliphatic hydroxyl groups is 1. The van der Waals surface area contributed by atoms with E-state index in [1.165, 1.54) is 0 Å². The highest BCUT2D eigenvalue weighted by molar-refractivity contribution is 6.00. The van der Waals surface area contributed by atoms with Crippen LogP contribution in [0.25, 0.3) is 0 Å². The zero-order valence-corrected chi connectivity index (χ0v) is 23.3. The first-order valence-corrected chi connectivity index (χ1v) is 13.0. The molecule has 10 heteroatoms. The minimum Gasteiger partial charge on any atom is -0.497 e. The molecule has 3 rings (SSSR count). The first kappa shape index (κ1) is 29.9. The number of carbonyl (C=O) groups is 2. The van der Waals surface area contributed by atoms with Gasteiger partial charge >= 0.3 is 5.97 Å². The minimum absolute atomic E-state index is 0.00865. The van der Waals surface area contributed by atoms with Gasteiger partial charge in [0, 0.05) is 31.6 Å². The summed E-state index contributed by atoms with van der Waals surface area (Å²) in [6, 6.07) is 14.6. The molecule has 0 bridgehead atoms. The second kappa shape index (κ2) is 13.4. The lowest BCUT2D eigenvalue weighted by molar-refractivity contribution is -0.155. The Hall–Kier alpha value is -3.63. The van der Waals surface area contributed by atoms with Gasteiger partial charge in [-0.1, -0.05) is 12.1 Å². The van der Waals surface area contributed by atoms with Crippen LogP contribution in [0.3, 0.4) is 0 Å². The average molecular weight is 542 g/mol. The van der Waals surface area contributed by atoms with Crippen LogP contribution in [0.2, 0.25) is 0 Å². The molecule has 39 heavy (non-hydrogen) atoms. The van der Waals surface area contributed by atoms with Crippen LogP contribution in [0.15, 0.2) is 53.5 Å². The quantitative estimate of drug-likeness (QED) is 0.200. The number of amides is 1. The zero-order valence-electron chi connectivity index (χ0n) is 23.3. The maximum absolute atomic E-state index is 13.6. The van der Waals surface area contributed by atoms with Gasteiger partial charge in [-0.3, -0.25) is 15.0 Å². The summed E-state index contributed by atoms with van der Waals surface area (Å²) in [5.41, 5.74) is 5.34. The van der Waals surface area contributed by atoms with Crippen molar-refractivity contribution in [2.24, 2.45) is 4.99 Å². The normalized spacial score (nSPS) is 18.6. The summed E-state index contributed by atoms with van der Waals surface area (Å²) in [5, 5.41) is 8.93. The van der Waals surface area contributed by atoms with Crippen LogP contribution in [-0.2, 0) is 25.6 Å². The lowest BCUT2D eigenvalue weighted by atomic mass is 9.88. The number of carbonyl (C=O) groups excluding carboxylic acids is 2. The molecule has 2 atom stereocenters. The van der Waals surface area contributed by atoms with Crippen molar-refractivity contribution < 1.29 is 33.6 Å². The molecule has 0 radical (unpaired) electrons. The molecule has 2 aromatic rings. The first-order valence-electron chi connectivity index (χ1n) is 13.0. The molecule has 0 saturated heterocycles. The Bertz CT molecular complexity index is 1130. The molecule has 0 fully saturated rings. The fraction of sp³-hybridized carbons (Fsp3) is 0.483. The maximum Gasteiger partial charge on any atom is 0.306 e. The highest BCUT2D eigenvalue weighted by atomic mass is 16.6. The number of hydrogen-bond donors (Lipinski definition) is 3. The molecule has 0 saturated carbocycles. The topological polar surface area (TPSA) is 128 Å². The molecule has 10 nitrogen and oxygen atoms in total. The highest BCUT2D eigenvalue weighted by Crippen LogP contribution is 2.34. The van der Waals surface area contributed by atoms with E-state index >= 15 is 0 Å². The molecule has 0 aliphatic carbocycles. The SMILES string of the molecule is COc1ccc(CNNC(=O)[C@@]2(CCC(=O)OC(C)(C)C)N=C(c3ccc(OCCCO)cc3)O[C@H]2C)cc1. The number of benzene rings is 2. The van der Waals surface area contributed by atoms with Crippen molar-refractivity contribution in [3.05, 3.63) is 59.7 Å². The molecule has 0 unspecified atom stereocenters. The number of ether oxygens (including phenoxy) is 4. The van der Waals surface area contributed by atoms with Gasteiger partial charge < -0.3 is 24.1 Å². The molecule has 0 aromatic heterocycles. The van der Waals surface area contributed by atoms with E-state index in [0.717, 1.165) is 11.3 Å². The van der Waals surface area contributed by atoms with Crippen molar-refractivity contribution in [2.45, 2.75) is 70.7 Å². The summed E-state index contributed by atoms with van der Waals surface area (Å²) in [6.07, 6.45) is -0.00847. The molecule has 1 amide bonds. The highest BCUT2D eigenvalue weighted by Gasteiger charge is 2.50. The van der Waals surface area contributed by atoms with Gasteiger partial charge in [0.05, 0.1) is 13.7 Å². The van der Waals surface area contributed by atoms with Crippen LogP contribution >= 0.6 is 0 Å². The van der Waals surface area contributed by atoms with Crippen molar-refractivity contribution in [1.29, 1.82) is 0 Å². The number of nitrogens with one attached hydrogen (secondary N) is 2. The van der Waals surface area contributed by atoms with E-state index in [1.54, 1.807) is 59.1 Å². The summed E-state index contributed by atoms with van der Waals surface area (Å²) in [4.78, 5) is 30.8. The molecule has 1 heterocycles. The molecular formula is C29H39N3O7. The van der Waals surface area contributed by atoms with Gasteiger partial charge in [-0.25, -0.2) is 10.4 Å². The molecule has 2 aromatic carbocycles. The fourth-order valence-corrected chi connectivity index (χ4v) is 4.02. The number of rotatable bonds is 13. The second-order valence-corrected chi connectivity index (χ2v) is 10.3. The first-order chi connectivity index (χ1) is 18.6. The standard InChI is InChI=1S/C29H39N3O7/c1-20-29(16-15-25(34)39-28(2,3)4,27(35)32-30-19-21-7-11-23(36-5)12-8-21)31-26(38-20)22-9-13-24(14-10-22)37-18-6-17-33/h7-14,20,30,33H,6,15-19H2,1-5H3,(H,32,35)/t20-,29-/m0/s1. The predicted octanol–water partition coefficient (Wildman–Crippen LogP) is 3.30.